The van der Waals surface area contributed by atoms with Gasteiger partial charge in [0.05, 0.1) is 6.10 Å². The van der Waals surface area contributed by atoms with Gasteiger partial charge in [-0.15, -0.1) is 0 Å². The van der Waals surface area contributed by atoms with Crippen molar-refractivity contribution in [3.05, 3.63) is 119 Å². The third-order valence-electron chi connectivity index (χ3n) is 6.38. The molecule has 2 amide bonds. The summed E-state index contributed by atoms with van der Waals surface area (Å²) in [5, 5.41) is 19.7. The lowest BCUT2D eigenvalue weighted by molar-refractivity contribution is 0.170. The van der Waals surface area contributed by atoms with Crippen molar-refractivity contribution in [1.82, 2.24) is 20.9 Å². The number of pyridine rings is 1. The first-order valence-corrected chi connectivity index (χ1v) is 12.8. The normalized spacial score (nSPS) is 12.5. The first kappa shape index (κ1) is 26.9. The van der Waals surface area contributed by atoms with Crippen molar-refractivity contribution in [3.63, 3.8) is 0 Å². The minimum absolute atomic E-state index is 0.155. The molecule has 0 aliphatic carbocycles. The fourth-order valence-electron chi connectivity index (χ4n) is 4.33. The van der Waals surface area contributed by atoms with E-state index in [-0.39, 0.29) is 12.1 Å². The van der Waals surface area contributed by atoms with Crippen molar-refractivity contribution in [2.75, 3.05) is 12.3 Å². The summed E-state index contributed by atoms with van der Waals surface area (Å²) in [6.45, 7) is 3.38. The van der Waals surface area contributed by atoms with Crippen LogP contribution in [0.25, 0.3) is 11.1 Å². The molecule has 0 unspecified atom stereocenters. The Kier molecular flexibility index (Phi) is 9.45. The second kappa shape index (κ2) is 13.4. The highest BCUT2D eigenvalue weighted by Gasteiger charge is 2.11. The molecule has 38 heavy (non-hydrogen) atoms. The van der Waals surface area contributed by atoms with E-state index < -0.39 is 6.10 Å². The maximum absolute atomic E-state index is 12.5. The molecule has 0 radical (unpaired) electrons. The molecular formula is C31H35N5O2. The molecule has 7 heteroatoms. The maximum Gasteiger partial charge on any atom is 0.315 e. The van der Waals surface area contributed by atoms with Gasteiger partial charge in [-0.25, -0.2) is 9.78 Å². The number of aliphatic hydroxyl groups excluding tert-OH is 1. The number of carbonyl (C=O) groups is 1. The summed E-state index contributed by atoms with van der Waals surface area (Å²) >= 11 is 0. The number of benzene rings is 3. The van der Waals surface area contributed by atoms with Crippen molar-refractivity contribution in [1.29, 1.82) is 0 Å². The van der Waals surface area contributed by atoms with Crippen LogP contribution in [0.2, 0.25) is 0 Å². The minimum Gasteiger partial charge on any atom is -0.387 e. The number of nitrogens with two attached hydrogens (primary N) is 1. The van der Waals surface area contributed by atoms with E-state index in [0.29, 0.717) is 25.5 Å². The summed E-state index contributed by atoms with van der Waals surface area (Å²) in [5.74, 6) is 0.433. The predicted octanol–water partition coefficient (Wildman–Crippen LogP) is 4.58. The quantitative estimate of drug-likeness (QED) is 0.203. The van der Waals surface area contributed by atoms with Gasteiger partial charge in [-0.3, -0.25) is 0 Å². The van der Waals surface area contributed by atoms with E-state index in [1.165, 1.54) is 0 Å². The average molecular weight is 510 g/mol. The number of amides is 2. The topological polar surface area (TPSA) is 112 Å². The second-order valence-electron chi connectivity index (χ2n) is 9.42. The van der Waals surface area contributed by atoms with Gasteiger partial charge < -0.3 is 26.8 Å². The van der Waals surface area contributed by atoms with Gasteiger partial charge >= 0.3 is 6.03 Å². The third-order valence-corrected chi connectivity index (χ3v) is 6.38. The maximum atomic E-state index is 12.5. The van der Waals surface area contributed by atoms with Gasteiger partial charge in [0.1, 0.15) is 5.82 Å². The Morgan fingerprint density at radius 2 is 1.63 bits per heavy atom. The van der Waals surface area contributed by atoms with Crippen molar-refractivity contribution in [2.45, 2.75) is 38.6 Å². The van der Waals surface area contributed by atoms with E-state index in [0.717, 1.165) is 39.8 Å². The van der Waals surface area contributed by atoms with Crippen molar-refractivity contribution in [2.24, 2.45) is 0 Å². The van der Waals surface area contributed by atoms with Crippen LogP contribution < -0.4 is 21.7 Å². The molecule has 0 spiro atoms. The number of anilines is 1. The van der Waals surface area contributed by atoms with Crippen LogP contribution in [0.3, 0.4) is 0 Å². The summed E-state index contributed by atoms with van der Waals surface area (Å²) in [6.07, 6.45) is 1.74. The number of carbonyl (C=O) groups excluding carboxylic acids is 1. The lowest BCUT2D eigenvalue weighted by Crippen LogP contribution is -2.34. The molecule has 1 aromatic heterocycles. The molecule has 0 aliphatic heterocycles. The number of aromatic nitrogens is 1. The van der Waals surface area contributed by atoms with Crippen LogP contribution in [-0.2, 0) is 19.5 Å². The van der Waals surface area contributed by atoms with E-state index in [2.05, 4.69) is 58.2 Å². The Morgan fingerprint density at radius 1 is 0.895 bits per heavy atom. The summed E-state index contributed by atoms with van der Waals surface area (Å²) in [7, 11) is 0. The van der Waals surface area contributed by atoms with Crippen molar-refractivity contribution >= 4 is 11.8 Å². The number of urea groups is 1. The molecule has 4 rings (SSSR count). The molecule has 0 saturated carbocycles. The number of hydrogen-bond acceptors (Lipinski definition) is 5. The SMILES string of the molecule is C[C@H](Cc1cccc(CNC(=O)NCc2ccccc2-c2ccccc2)c1)NC[C@@H](O)c1ccc(N)nc1. The zero-order chi connectivity index (χ0) is 26.7. The van der Waals surface area contributed by atoms with Crippen LogP contribution >= 0.6 is 0 Å². The summed E-state index contributed by atoms with van der Waals surface area (Å²) in [5.41, 5.74) is 11.8. The van der Waals surface area contributed by atoms with Crippen LogP contribution in [0.5, 0.6) is 0 Å². The standard InChI is InChI=1S/C31H35N5O2/c1-22(33-21-29(37)27-14-15-30(32)34-20-27)16-23-8-7-9-24(17-23)18-35-31(38)36-19-26-12-5-6-13-28(26)25-10-3-2-4-11-25/h2-15,17,20,22,29,33,37H,16,18-19,21H2,1H3,(H2,32,34)(H2,35,36,38)/t22-,29-/m1/s1. The van der Waals surface area contributed by atoms with Gasteiger partial charge in [-0.1, -0.05) is 84.9 Å². The fourth-order valence-corrected chi connectivity index (χ4v) is 4.33. The van der Waals surface area contributed by atoms with Gasteiger partial charge in [0, 0.05) is 37.4 Å². The molecule has 7 nitrogen and oxygen atoms in total. The number of nitrogens with zero attached hydrogens (tertiary/aromatic N) is 1. The van der Waals surface area contributed by atoms with Crippen LogP contribution in [0.15, 0.2) is 97.2 Å². The lowest BCUT2D eigenvalue weighted by Gasteiger charge is -2.18. The molecule has 2 atom stereocenters. The zero-order valence-corrected chi connectivity index (χ0v) is 21.6. The van der Waals surface area contributed by atoms with E-state index in [4.69, 9.17) is 5.73 Å². The van der Waals surface area contributed by atoms with Crippen molar-refractivity contribution < 1.29 is 9.90 Å². The Balaban J connectivity index is 1.23. The Bertz CT molecular complexity index is 1310. The van der Waals surface area contributed by atoms with E-state index in [9.17, 15) is 9.90 Å². The molecule has 0 aliphatic rings. The third kappa shape index (κ3) is 7.90. The molecule has 6 N–H and O–H groups in total. The predicted molar refractivity (Wildman–Crippen MR) is 152 cm³/mol. The highest BCUT2D eigenvalue weighted by atomic mass is 16.3. The first-order valence-electron chi connectivity index (χ1n) is 12.8. The highest BCUT2D eigenvalue weighted by molar-refractivity contribution is 5.74. The number of nitrogens with one attached hydrogen (secondary N) is 3. The first-order chi connectivity index (χ1) is 18.5. The fraction of sp³-hybridized carbons (Fsp3) is 0.226. The summed E-state index contributed by atoms with van der Waals surface area (Å²) < 4.78 is 0. The second-order valence-corrected chi connectivity index (χ2v) is 9.42. The van der Waals surface area contributed by atoms with E-state index in [1.54, 1.807) is 18.3 Å². The number of aliphatic hydroxyl groups is 1. The van der Waals surface area contributed by atoms with Crippen LogP contribution in [0, 0.1) is 0 Å². The molecule has 1 heterocycles. The number of hydrogen-bond donors (Lipinski definition) is 5. The summed E-state index contributed by atoms with van der Waals surface area (Å²) in [4.78, 5) is 16.6. The van der Waals surface area contributed by atoms with Crippen LogP contribution in [0.1, 0.15) is 35.3 Å². The number of rotatable bonds is 11. The summed E-state index contributed by atoms with van der Waals surface area (Å²) in [6, 6.07) is 29.9. The zero-order valence-electron chi connectivity index (χ0n) is 21.6. The van der Waals surface area contributed by atoms with Gasteiger partial charge in [0.15, 0.2) is 0 Å². The molecule has 0 fully saturated rings. The lowest BCUT2D eigenvalue weighted by atomic mass is 10.00. The molecule has 3 aromatic carbocycles. The average Bonchev–Trinajstić information content (AvgIpc) is 2.95. The number of nitrogen functional groups attached to an aromatic ring is 1. The van der Waals surface area contributed by atoms with Gasteiger partial charge in [-0.2, -0.15) is 0 Å². The molecule has 0 saturated heterocycles. The minimum atomic E-state index is -0.653. The molecule has 0 bridgehead atoms. The van der Waals surface area contributed by atoms with Crippen molar-refractivity contribution in [3.8, 4) is 11.1 Å². The van der Waals surface area contributed by atoms with E-state index in [1.807, 2.05) is 48.5 Å². The monoisotopic (exact) mass is 509 g/mol. The highest BCUT2D eigenvalue weighted by Crippen LogP contribution is 2.23. The molecule has 196 valence electrons. The van der Waals surface area contributed by atoms with E-state index >= 15 is 0 Å². The van der Waals surface area contributed by atoms with Crippen LogP contribution in [0.4, 0.5) is 10.6 Å². The molecular weight excluding hydrogens is 474 g/mol. The van der Waals surface area contributed by atoms with Gasteiger partial charge in [-0.05, 0) is 47.2 Å². The van der Waals surface area contributed by atoms with Crippen LogP contribution in [-0.4, -0.2) is 28.7 Å². The Labute approximate surface area is 224 Å². The Morgan fingerprint density at radius 3 is 2.42 bits per heavy atom. The Hall–Kier alpha value is -4.20. The molecule has 4 aromatic rings. The van der Waals surface area contributed by atoms with Gasteiger partial charge in [0.2, 0.25) is 0 Å². The smallest absolute Gasteiger partial charge is 0.315 e. The largest absolute Gasteiger partial charge is 0.387 e. The van der Waals surface area contributed by atoms with Gasteiger partial charge in [0.25, 0.3) is 0 Å².